The van der Waals surface area contributed by atoms with Gasteiger partial charge in [-0.25, -0.2) is 0 Å². The SMILES string of the molecule is CCc1cccc(CC)c1NC(=O)CSc1nnc(C(C)C)o1. The fourth-order valence-corrected chi connectivity index (χ4v) is 2.79. The maximum atomic E-state index is 12.2. The van der Waals surface area contributed by atoms with E-state index < -0.39 is 0 Å². The summed E-state index contributed by atoms with van der Waals surface area (Å²) in [7, 11) is 0. The summed E-state index contributed by atoms with van der Waals surface area (Å²) in [6.45, 7) is 8.15. The number of rotatable bonds is 7. The molecule has 0 unspecified atom stereocenters. The molecular weight excluding hydrogens is 310 g/mol. The minimum absolute atomic E-state index is 0.0603. The fraction of sp³-hybridized carbons (Fsp3) is 0.471. The topological polar surface area (TPSA) is 68.0 Å². The van der Waals surface area contributed by atoms with Crippen LogP contribution in [0.1, 0.15) is 50.6 Å². The van der Waals surface area contributed by atoms with E-state index in [-0.39, 0.29) is 17.6 Å². The summed E-state index contributed by atoms with van der Waals surface area (Å²) in [4.78, 5) is 12.2. The van der Waals surface area contributed by atoms with E-state index in [1.54, 1.807) is 0 Å². The average Bonchev–Trinajstić information content (AvgIpc) is 3.02. The van der Waals surface area contributed by atoms with E-state index in [1.165, 1.54) is 11.8 Å². The number of nitrogens with zero attached hydrogens (tertiary/aromatic N) is 2. The van der Waals surface area contributed by atoms with Crippen LogP contribution in [0, 0.1) is 0 Å². The smallest absolute Gasteiger partial charge is 0.277 e. The number of aromatic nitrogens is 2. The van der Waals surface area contributed by atoms with Gasteiger partial charge in [0.15, 0.2) is 0 Å². The van der Waals surface area contributed by atoms with Crippen LogP contribution in [0.2, 0.25) is 0 Å². The summed E-state index contributed by atoms with van der Waals surface area (Å²) >= 11 is 1.26. The Kier molecular flexibility index (Phi) is 6.21. The first-order valence-electron chi connectivity index (χ1n) is 7.91. The summed E-state index contributed by atoms with van der Waals surface area (Å²) in [6.07, 6.45) is 1.77. The molecular formula is C17H23N3O2S. The van der Waals surface area contributed by atoms with Gasteiger partial charge in [0.05, 0.1) is 5.75 Å². The molecule has 2 aromatic rings. The lowest BCUT2D eigenvalue weighted by Crippen LogP contribution is -2.16. The number of benzene rings is 1. The third-order valence-electron chi connectivity index (χ3n) is 3.51. The maximum Gasteiger partial charge on any atom is 0.277 e. The van der Waals surface area contributed by atoms with Crippen LogP contribution in [-0.2, 0) is 17.6 Å². The number of thioether (sulfide) groups is 1. The zero-order valence-electron chi connectivity index (χ0n) is 14.0. The van der Waals surface area contributed by atoms with Gasteiger partial charge in [0.1, 0.15) is 0 Å². The Labute approximate surface area is 141 Å². The van der Waals surface area contributed by atoms with Crippen LogP contribution in [0.4, 0.5) is 5.69 Å². The van der Waals surface area contributed by atoms with Crippen molar-refractivity contribution in [2.24, 2.45) is 0 Å². The molecule has 1 aromatic heterocycles. The van der Waals surface area contributed by atoms with Crippen molar-refractivity contribution in [1.29, 1.82) is 0 Å². The molecule has 6 heteroatoms. The fourth-order valence-electron chi connectivity index (χ4n) is 2.22. The Morgan fingerprint density at radius 2 is 1.87 bits per heavy atom. The van der Waals surface area contributed by atoms with Crippen LogP contribution >= 0.6 is 11.8 Å². The normalized spacial score (nSPS) is 11.0. The summed E-state index contributed by atoms with van der Waals surface area (Å²) < 4.78 is 5.50. The van der Waals surface area contributed by atoms with E-state index in [0.717, 1.165) is 29.7 Å². The van der Waals surface area contributed by atoms with Gasteiger partial charge in [-0.05, 0) is 24.0 Å². The number of amides is 1. The Balaban J connectivity index is 1.99. The molecule has 0 spiro atoms. The van der Waals surface area contributed by atoms with Crippen molar-refractivity contribution in [2.75, 3.05) is 11.1 Å². The summed E-state index contributed by atoms with van der Waals surface area (Å²) in [5.41, 5.74) is 3.25. The second-order valence-corrected chi connectivity index (χ2v) is 6.48. The highest BCUT2D eigenvalue weighted by Gasteiger charge is 2.14. The number of nitrogens with one attached hydrogen (secondary N) is 1. The van der Waals surface area contributed by atoms with Crippen molar-refractivity contribution in [3.8, 4) is 0 Å². The lowest BCUT2D eigenvalue weighted by Gasteiger charge is -2.14. The highest BCUT2D eigenvalue weighted by atomic mass is 32.2. The molecule has 0 aliphatic rings. The number of aryl methyl sites for hydroxylation is 2. The van der Waals surface area contributed by atoms with Crippen LogP contribution in [0.5, 0.6) is 0 Å². The molecule has 0 bridgehead atoms. The van der Waals surface area contributed by atoms with Gasteiger partial charge in [-0.3, -0.25) is 4.79 Å². The minimum atomic E-state index is -0.0603. The van der Waals surface area contributed by atoms with E-state index in [9.17, 15) is 4.79 Å². The van der Waals surface area contributed by atoms with Crippen molar-refractivity contribution < 1.29 is 9.21 Å². The first kappa shape index (κ1) is 17.5. The molecule has 0 saturated carbocycles. The highest BCUT2D eigenvalue weighted by molar-refractivity contribution is 7.99. The third-order valence-corrected chi connectivity index (χ3v) is 4.32. The van der Waals surface area contributed by atoms with Crippen LogP contribution in [0.15, 0.2) is 27.8 Å². The lowest BCUT2D eigenvalue weighted by atomic mass is 10.0. The van der Waals surface area contributed by atoms with Crippen LogP contribution < -0.4 is 5.32 Å². The number of hydrogen-bond donors (Lipinski definition) is 1. The monoisotopic (exact) mass is 333 g/mol. The highest BCUT2D eigenvalue weighted by Crippen LogP contribution is 2.24. The molecule has 2 rings (SSSR count). The molecule has 5 nitrogen and oxygen atoms in total. The number of carbonyl (C=O) groups excluding carboxylic acids is 1. The predicted molar refractivity (Wildman–Crippen MR) is 92.9 cm³/mol. The summed E-state index contributed by atoms with van der Waals surface area (Å²) in [6, 6.07) is 6.14. The van der Waals surface area contributed by atoms with Crippen molar-refractivity contribution in [2.45, 2.75) is 51.7 Å². The molecule has 0 atom stereocenters. The van der Waals surface area contributed by atoms with Gasteiger partial charge in [-0.2, -0.15) is 0 Å². The van der Waals surface area contributed by atoms with E-state index in [4.69, 9.17) is 4.42 Å². The standard InChI is InChI=1S/C17H23N3O2S/c1-5-12-8-7-9-13(6-2)15(12)18-14(21)10-23-17-20-19-16(22-17)11(3)4/h7-9,11H,5-6,10H2,1-4H3,(H,18,21). The van der Waals surface area contributed by atoms with Crippen molar-refractivity contribution in [3.05, 3.63) is 35.2 Å². The molecule has 0 fully saturated rings. The Morgan fingerprint density at radius 1 is 1.22 bits per heavy atom. The van der Waals surface area contributed by atoms with Crippen molar-refractivity contribution >= 4 is 23.4 Å². The van der Waals surface area contributed by atoms with Gasteiger partial charge >= 0.3 is 0 Å². The second-order valence-electron chi connectivity index (χ2n) is 5.56. The molecule has 0 radical (unpaired) electrons. The van der Waals surface area contributed by atoms with Crippen molar-refractivity contribution in [3.63, 3.8) is 0 Å². The number of anilines is 1. The third kappa shape index (κ3) is 4.58. The number of hydrogen-bond acceptors (Lipinski definition) is 5. The molecule has 23 heavy (non-hydrogen) atoms. The Morgan fingerprint density at radius 3 is 2.39 bits per heavy atom. The van der Waals surface area contributed by atoms with Gasteiger partial charge in [0.2, 0.25) is 11.8 Å². The van der Waals surface area contributed by atoms with Crippen LogP contribution in [0.3, 0.4) is 0 Å². The van der Waals surface area contributed by atoms with Gasteiger partial charge in [0, 0.05) is 11.6 Å². The molecule has 1 heterocycles. The zero-order chi connectivity index (χ0) is 16.8. The van der Waals surface area contributed by atoms with Gasteiger partial charge < -0.3 is 9.73 Å². The van der Waals surface area contributed by atoms with E-state index in [0.29, 0.717) is 11.1 Å². The maximum absolute atomic E-state index is 12.2. The molecule has 124 valence electrons. The first-order chi connectivity index (χ1) is 11.0. The Bertz CT molecular complexity index is 645. The van der Waals surface area contributed by atoms with E-state index in [1.807, 2.05) is 19.9 Å². The number of carbonyl (C=O) groups is 1. The van der Waals surface area contributed by atoms with Gasteiger partial charge in [-0.15, -0.1) is 10.2 Å². The molecule has 0 aliphatic carbocycles. The summed E-state index contributed by atoms with van der Waals surface area (Å²) in [5, 5.41) is 11.4. The Hall–Kier alpha value is -1.82. The predicted octanol–water partition coefficient (Wildman–Crippen LogP) is 4.05. The van der Waals surface area contributed by atoms with Crippen LogP contribution in [-0.4, -0.2) is 21.9 Å². The molecule has 1 aromatic carbocycles. The second kappa shape index (κ2) is 8.15. The zero-order valence-corrected chi connectivity index (χ0v) is 14.9. The number of para-hydroxylation sites is 1. The minimum Gasteiger partial charge on any atom is -0.416 e. The quantitative estimate of drug-likeness (QED) is 0.774. The summed E-state index contributed by atoms with van der Waals surface area (Å²) in [5.74, 6) is 0.975. The van der Waals surface area contributed by atoms with E-state index in [2.05, 4.69) is 41.5 Å². The molecule has 0 aliphatic heterocycles. The molecule has 1 N–H and O–H groups in total. The molecule has 1 amide bonds. The molecule has 0 saturated heterocycles. The van der Waals surface area contributed by atoms with E-state index >= 15 is 0 Å². The first-order valence-corrected chi connectivity index (χ1v) is 8.90. The van der Waals surface area contributed by atoms with Gasteiger partial charge in [0.25, 0.3) is 5.22 Å². The average molecular weight is 333 g/mol. The largest absolute Gasteiger partial charge is 0.416 e. The van der Waals surface area contributed by atoms with Gasteiger partial charge in [-0.1, -0.05) is 57.7 Å². The van der Waals surface area contributed by atoms with Crippen molar-refractivity contribution in [1.82, 2.24) is 10.2 Å². The van der Waals surface area contributed by atoms with Crippen LogP contribution in [0.25, 0.3) is 0 Å². The lowest BCUT2D eigenvalue weighted by molar-refractivity contribution is -0.113.